The van der Waals surface area contributed by atoms with Gasteiger partial charge in [-0.15, -0.1) is 0 Å². The topological polar surface area (TPSA) is 86.5 Å². The number of aromatic nitrogens is 4. The molecule has 0 aliphatic rings. The molecule has 2 heterocycles. The van der Waals surface area contributed by atoms with Gasteiger partial charge in [0.05, 0.1) is 11.4 Å². The molecule has 122 valence electrons. The van der Waals surface area contributed by atoms with E-state index < -0.39 is 0 Å². The summed E-state index contributed by atoms with van der Waals surface area (Å²) in [6, 6.07) is 20.9. The van der Waals surface area contributed by atoms with Crippen LogP contribution in [0, 0.1) is 0 Å². The molecule has 1 amide bonds. The van der Waals surface area contributed by atoms with Crippen LogP contribution >= 0.6 is 0 Å². The van der Waals surface area contributed by atoms with E-state index in [1.165, 1.54) is 0 Å². The van der Waals surface area contributed by atoms with Crippen LogP contribution in [0.2, 0.25) is 0 Å². The molecule has 0 atom stereocenters. The minimum Gasteiger partial charge on any atom is -0.321 e. The average molecular weight is 329 g/mol. The molecule has 0 unspecified atom stereocenters. The molecule has 0 fully saturated rings. The van der Waals surface area contributed by atoms with Crippen molar-refractivity contribution in [3.05, 3.63) is 78.6 Å². The molecule has 0 saturated heterocycles. The van der Waals surface area contributed by atoms with Gasteiger partial charge >= 0.3 is 0 Å². The lowest BCUT2D eigenvalue weighted by Crippen LogP contribution is -2.12. The molecule has 0 aliphatic heterocycles. The number of carbonyl (C=O) groups excluding carboxylic acids is 1. The van der Waals surface area contributed by atoms with Crippen LogP contribution < -0.4 is 5.32 Å². The minimum atomic E-state index is -0.232. The molecule has 6 nitrogen and oxygen atoms in total. The van der Waals surface area contributed by atoms with Gasteiger partial charge in [0.1, 0.15) is 5.69 Å². The Bertz CT molecular complexity index is 972. The normalized spacial score (nSPS) is 10.6. The number of H-pyrrole nitrogens is 2. The van der Waals surface area contributed by atoms with Crippen LogP contribution in [-0.2, 0) is 0 Å². The van der Waals surface area contributed by atoms with Gasteiger partial charge in [-0.25, -0.2) is 0 Å². The third-order valence-electron chi connectivity index (χ3n) is 3.85. The van der Waals surface area contributed by atoms with Gasteiger partial charge in [0.15, 0.2) is 0 Å². The zero-order valence-corrected chi connectivity index (χ0v) is 13.2. The van der Waals surface area contributed by atoms with Crippen LogP contribution in [0.1, 0.15) is 10.5 Å². The van der Waals surface area contributed by atoms with Gasteiger partial charge in [-0.05, 0) is 29.8 Å². The average Bonchev–Trinajstić information content (AvgIpc) is 3.35. The summed E-state index contributed by atoms with van der Waals surface area (Å²) in [5.41, 5.74) is 4.75. The van der Waals surface area contributed by atoms with E-state index in [1.807, 2.05) is 60.7 Å². The van der Waals surface area contributed by atoms with Gasteiger partial charge in [-0.2, -0.15) is 10.2 Å². The fourth-order valence-electron chi connectivity index (χ4n) is 2.54. The third kappa shape index (κ3) is 3.18. The zero-order chi connectivity index (χ0) is 17.1. The van der Waals surface area contributed by atoms with E-state index in [4.69, 9.17) is 0 Å². The minimum absolute atomic E-state index is 0.232. The van der Waals surface area contributed by atoms with E-state index in [9.17, 15) is 4.79 Å². The van der Waals surface area contributed by atoms with Gasteiger partial charge in [0.2, 0.25) is 0 Å². The second kappa shape index (κ2) is 6.45. The monoisotopic (exact) mass is 329 g/mol. The molecule has 0 aliphatic carbocycles. The summed E-state index contributed by atoms with van der Waals surface area (Å²) in [4.78, 5) is 12.4. The molecule has 2 aromatic heterocycles. The smallest absolute Gasteiger partial charge is 0.273 e. The summed E-state index contributed by atoms with van der Waals surface area (Å²) in [6.07, 6.45) is 1.70. The van der Waals surface area contributed by atoms with Gasteiger partial charge in [-0.3, -0.25) is 15.0 Å². The van der Waals surface area contributed by atoms with Crippen molar-refractivity contribution in [2.75, 3.05) is 5.32 Å². The maximum Gasteiger partial charge on any atom is 0.273 e. The maximum atomic E-state index is 12.4. The molecule has 6 heteroatoms. The quantitative estimate of drug-likeness (QED) is 0.533. The van der Waals surface area contributed by atoms with Crippen molar-refractivity contribution >= 4 is 11.6 Å². The number of aromatic amines is 2. The van der Waals surface area contributed by atoms with Crippen molar-refractivity contribution in [1.82, 2.24) is 20.4 Å². The van der Waals surface area contributed by atoms with Crippen LogP contribution in [-0.4, -0.2) is 26.3 Å². The number of nitrogens with zero attached hydrogens (tertiary/aromatic N) is 2. The number of amides is 1. The Morgan fingerprint density at radius 2 is 1.68 bits per heavy atom. The highest BCUT2D eigenvalue weighted by Crippen LogP contribution is 2.20. The first kappa shape index (κ1) is 14.9. The van der Waals surface area contributed by atoms with E-state index in [0.29, 0.717) is 11.4 Å². The molecule has 4 rings (SSSR count). The van der Waals surface area contributed by atoms with E-state index in [1.54, 1.807) is 12.3 Å². The van der Waals surface area contributed by atoms with Crippen molar-refractivity contribution in [1.29, 1.82) is 0 Å². The first-order chi connectivity index (χ1) is 12.3. The van der Waals surface area contributed by atoms with Crippen molar-refractivity contribution < 1.29 is 4.79 Å². The van der Waals surface area contributed by atoms with E-state index in [0.717, 1.165) is 22.5 Å². The summed E-state index contributed by atoms with van der Waals surface area (Å²) >= 11 is 0. The molecule has 3 N–H and O–H groups in total. The van der Waals surface area contributed by atoms with E-state index in [-0.39, 0.29) is 5.91 Å². The van der Waals surface area contributed by atoms with Gasteiger partial charge < -0.3 is 5.32 Å². The molecule has 0 spiro atoms. The predicted octanol–water partition coefficient (Wildman–Crippen LogP) is 3.72. The van der Waals surface area contributed by atoms with Crippen LogP contribution in [0.4, 0.5) is 5.69 Å². The molecule has 0 saturated carbocycles. The van der Waals surface area contributed by atoms with Crippen LogP contribution in [0.15, 0.2) is 72.9 Å². The zero-order valence-electron chi connectivity index (χ0n) is 13.2. The standard InChI is InChI=1S/C19H15N5O/c25-19(18-12-17(23-24-18)13-4-2-1-3-5-13)21-15-8-6-14(7-9-15)16-10-11-20-22-16/h1-12H,(H,20,22)(H,21,25)(H,23,24). The third-order valence-corrected chi connectivity index (χ3v) is 3.85. The Morgan fingerprint density at radius 1 is 0.880 bits per heavy atom. The summed E-state index contributed by atoms with van der Waals surface area (Å²) in [5.74, 6) is -0.232. The lowest BCUT2D eigenvalue weighted by molar-refractivity contribution is 0.102. The Kier molecular flexibility index (Phi) is 3.84. The highest BCUT2D eigenvalue weighted by Gasteiger charge is 2.11. The number of hydrogen-bond donors (Lipinski definition) is 3. The Balaban J connectivity index is 1.48. The van der Waals surface area contributed by atoms with E-state index in [2.05, 4.69) is 25.7 Å². The fourth-order valence-corrected chi connectivity index (χ4v) is 2.54. The molecule has 25 heavy (non-hydrogen) atoms. The van der Waals surface area contributed by atoms with Gasteiger partial charge in [0.25, 0.3) is 5.91 Å². The van der Waals surface area contributed by atoms with Gasteiger partial charge in [-0.1, -0.05) is 42.5 Å². The highest BCUT2D eigenvalue weighted by atomic mass is 16.1. The molecular formula is C19H15N5O. The highest BCUT2D eigenvalue weighted by molar-refractivity contribution is 6.03. The van der Waals surface area contributed by atoms with Crippen LogP contribution in [0.25, 0.3) is 22.5 Å². The molecular weight excluding hydrogens is 314 g/mol. The Morgan fingerprint density at radius 3 is 2.40 bits per heavy atom. The number of benzene rings is 2. The van der Waals surface area contributed by atoms with Crippen molar-refractivity contribution in [3.63, 3.8) is 0 Å². The lowest BCUT2D eigenvalue weighted by atomic mass is 10.1. The van der Waals surface area contributed by atoms with Crippen molar-refractivity contribution in [2.24, 2.45) is 0 Å². The lowest BCUT2D eigenvalue weighted by Gasteiger charge is -2.04. The number of carbonyl (C=O) groups is 1. The maximum absolute atomic E-state index is 12.4. The molecule has 4 aromatic rings. The second-order valence-electron chi connectivity index (χ2n) is 5.53. The first-order valence-corrected chi connectivity index (χ1v) is 7.81. The van der Waals surface area contributed by atoms with Gasteiger partial charge in [0, 0.05) is 17.4 Å². The van der Waals surface area contributed by atoms with E-state index >= 15 is 0 Å². The molecule has 0 radical (unpaired) electrons. The van der Waals surface area contributed by atoms with Crippen LogP contribution in [0.3, 0.4) is 0 Å². The molecule has 0 bridgehead atoms. The van der Waals surface area contributed by atoms with Crippen molar-refractivity contribution in [3.8, 4) is 22.5 Å². The predicted molar refractivity (Wildman–Crippen MR) is 96.0 cm³/mol. The van der Waals surface area contributed by atoms with Crippen molar-refractivity contribution in [2.45, 2.75) is 0 Å². The first-order valence-electron chi connectivity index (χ1n) is 7.81. The molecule has 2 aromatic carbocycles. The largest absolute Gasteiger partial charge is 0.321 e. The summed E-state index contributed by atoms with van der Waals surface area (Å²) < 4.78 is 0. The Hall–Kier alpha value is -3.67. The SMILES string of the molecule is O=C(Nc1ccc(-c2ccn[nH]2)cc1)c1cc(-c2ccccc2)n[nH]1. The summed E-state index contributed by atoms with van der Waals surface area (Å²) in [7, 11) is 0. The Labute approximate surface area is 143 Å². The number of hydrogen-bond acceptors (Lipinski definition) is 3. The number of nitrogens with one attached hydrogen (secondary N) is 3. The summed E-state index contributed by atoms with van der Waals surface area (Å²) in [6.45, 7) is 0. The number of anilines is 1. The number of rotatable bonds is 4. The second-order valence-corrected chi connectivity index (χ2v) is 5.53. The fraction of sp³-hybridized carbons (Fsp3) is 0. The summed E-state index contributed by atoms with van der Waals surface area (Å²) in [5, 5.41) is 16.7. The van der Waals surface area contributed by atoms with Crippen LogP contribution in [0.5, 0.6) is 0 Å².